The summed E-state index contributed by atoms with van der Waals surface area (Å²) in [5, 5.41) is 0.680. The molecule has 0 saturated carbocycles. The summed E-state index contributed by atoms with van der Waals surface area (Å²) in [4.78, 5) is 19.7. The molecule has 0 atom stereocenters. The minimum Gasteiger partial charge on any atom is -0.305 e. The van der Waals surface area contributed by atoms with E-state index in [1.165, 1.54) is 23.5 Å². The zero-order valence-electron chi connectivity index (χ0n) is 11.7. The lowest BCUT2D eigenvalue weighted by Gasteiger charge is -2.02. The van der Waals surface area contributed by atoms with Crippen molar-refractivity contribution in [2.45, 2.75) is 6.92 Å². The normalized spacial score (nSPS) is 11.4. The highest BCUT2D eigenvalue weighted by Crippen LogP contribution is 2.31. The Morgan fingerprint density at radius 1 is 1.14 bits per heavy atom. The summed E-state index contributed by atoms with van der Waals surface area (Å²) in [5.74, 6) is 0.174. The highest BCUT2D eigenvalue weighted by atomic mass is 32.1. The van der Waals surface area contributed by atoms with Crippen LogP contribution >= 0.6 is 11.3 Å². The van der Waals surface area contributed by atoms with Gasteiger partial charge in [0.05, 0.1) is 5.52 Å². The van der Waals surface area contributed by atoms with Crippen LogP contribution in [0.3, 0.4) is 0 Å². The molecule has 0 saturated heterocycles. The van der Waals surface area contributed by atoms with Gasteiger partial charge in [0.25, 0.3) is 5.56 Å². The summed E-state index contributed by atoms with van der Waals surface area (Å²) in [5.41, 5.74) is 2.33. The molecule has 3 nitrogen and oxygen atoms in total. The van der Waals surface area contributed by atoms with E-state index in [1.807, 2.05) is 31.2 Å². The molecule has 4 rings (SSSR count). The summed E-state index contributed by atoms with van der Waals surface area (Å²) < 4.78 is 14.9. The van der Waals surface area contributed by atoms with E-state index in [2.05, 4.69) is 9.97 Å². The number of fused-ring (bicyclic) bond motifs is 3. The monoisotopic (exact) mass is 310 g/mol. The molecule has 0 fully saturated rings. The molecule has 2 aromatic carbocycles. The summed E-state index contributed by atoms with van der Waals surface area (Å²) >= 11 is 1.33. The Morgan fingerprint density at radius 3 is 2.68 bits per heavy atom. The topological polar surface area (TPSA) is 45.8 Å². The molecule has 2 aromatic heterocycles. The number of halogens is 1. The van der Waals surface area contributed by atoms with Gasteiger partial charge in [-0.25, -0.2) is 9.37 Å². The van der Waals surface area contributed by atoms with E-state index >= 15 is 0 Å². The van der Waals surface area contributed by atoms with E-state index in [1.54, 1.807) is 6.07 Å². The number of aromatic nitrogens is 2. The van der Waals surface area contributed by atoms with Crippen molar-refractivity contribution in [1.29, 1.82) is 0 Å². The molecular weight excluding hydrogens is 299 g/mol. The van der Waals surface area contributed by atoms with Crippen LogP contribution in [0.1, 0.15) is 5.56 Å². The molecule has 108 valence electrons. The van der Waals surface area contributed by atoms with Crippen molar-refractivity contribution in [1.82, 2.24) is 9.97 Å². The number of hydrogen-bond acceptors (Lipinski definition) is 3. The van der Waals surface area contributed by atoms with Crippen molar-refractivity contribution in [3.63, 3.8) is 0 Å². The van der Waals surface area contributed by atoms with Gasteiger partial charge in [0, 0.05) is 15.6 Å². The average Bonchev–Trinajstić information content (AvgIpc) is 2.87. The zero-order valence-corrected chi connectivity index (χ0v) is 12.5. The van der Waals surface area contributed by atoms with E-state index in [0.29, 0.717) is 21.4 Å². The standard InChI is InChI=1S/C17H11FN2OS/c1-9-2-4-10(5-3-9)16-19-14-12-8-11(18)6-7-13(12)22-15(14)17(21)20-16/h2-8H,1H3,(H,19,20,21). The molecular formula is C17H11FN2OS. The van der Waals surface area contributed by atoms with Gasteiger partial charge in [-0.3, -0.25) is 4.79 Å². The molecule has 0 spiro atoms. The first-order chi connectivity index (χ1) is 10.6. The molecule has 0 bridgehead atoms. The maximum absolute atomic E-state index is 13.5. The summed E-state index contributed by atoms with van der Waals surface area (Å²) in [6, 6.07) is 12.3. The molecule has 0 radical (unpaired) electrons. The number of hydrogen-bond donors (Lipinski definition) is 1. The zero-order chi connectivity index (χ0) is 15.3. The lowest BCUT2D eigenvalue weighted by Crippen LogP contribution is -2.07. The Kier molecular flexibility index (Phi) is 2.84. The van der Waals surface area contributed by atoms with Gasteiger partial charge in [-0.1, -0.05) is 29.8 Å². The SMILES string of the molecule is Cc1ccc(-c2nc3c(sc4ccc(F)cc43)c(=O)[nH]2)cc1. The molecule has 2 heterocycles. The van der Waals surface area contributed by atoms with Gasteiger partial charge in [0.1, 0.15) is 16.3 Å². The van der Waals surface area contributed by atoms with Crippen LogP contribution in [0.25, 0.3) is 31.7 Å². The second-order valence-corrected chi connectivity index (χ2v) is 6.25. The Balaban J connectivity index is 2.06. The van der Waals surface area contributed by atoms with E-state index in [4.69, 9.17) is 0 Å². The van der Waals surface area contributed by atoms with Crippen LogP contribution in [0.5, 0.6) is 0 Å². The first-order valence-electron chi connectivity index (χ1n) is 6.81. The molecule has 4 aromatic rings. The first kappa shape index (κ1) is 13.2. The predicted octanol–water partition coefficient (Wildman–Crippen LogP) is 4.25. The van der Waals surface area contributed by atoms with Crippen LogP contribution in [-0.4, -0.2) is 9.97 Å². The van der Waals surface area contributed by atoms with Crippen molar-refractivity contribution in [3.8, 4) is 11.4 Å². The van der Waals surface area contributed by atoms with Crippen molar-refractivity contribution in [3.05, 3.63) is 64.2 Å². The van der Waals surface area contributed by atoms with Gasteiger partial charge in [-0.05, 0) is 25.1 Å². The van der Waals surface area contributed by atoms with Crippen LogP contribution in [0.4, 0.5) is 4.39 Å². The van der Waals surface area contributed by atoms with E-state index in [0.717, 1.165) is 15.8 Å². The second kappa shape index (κ2) is 4.74. The van der Waals surface area contributed by atoms with Gasteiger partial charge in [-0.2, -0.15) is 0 Å². The molecule has 0 aliphatic heterocycles. The van der Waals surface area contributed by atoms with Crippen molar-refractivity contribution in [2.75, 3.05) is 0 Å². The number of rotatable bonds is 1. The lowest BCUT2D eigenvalue weighted by atomic mass is 10.1. The number of nitrogens with one attached hydrogen (secondary N) is 1. The maximum Gasteiger partial charge on any atom is 0.269 e. The van der Waals surface area contributed by atoms with Crippen molar-refractivity contribution in [2.24, 2.45) is 0 Å². The molecule has 0 aliphatic carbocycles. The third kappa shape index (κ3) is 2.02. The quantitative estimate of drug-likeness (QED) is 0.571. The fourth-order valence-electron chi connectivity index (χ4n) is 2.47. The third-order valence-electron chi connectivity index (χ3n) is 3.61. The van der Waals surface area contributed by atoms with E-state index < -0.39 is 0 Å². The first-order valence-corrected chi connectivity index (χ1v) is 7.62. The number of thiophene rings is 1. The van der Waals surface area contributed by atoms with Crippen LogP contribution in [0, 0.1) is 12.7 Å². The maximum atomic E-state index is 13.5. The Bertz CT molecular complexity index is 1060. The van der Waals surface area contributed by atoms with Gasteiger partial charge in [0.15, 0.2) is 0 Å². The predicted molar refractivity (Wildman–Crippen MR) is 87.9 cm³/mol. The van der Waals surface area contributed by atoms with Gasteiger partial charge < -0.3 is 4.98 Å². The molecule has 1 N–H and O–H groups in total. The Morgan fingerprint density at radius 2 is 1.91 bits per heavy atom. The largest absolute Gasteiger partial charge is 0.305 e. The number of benzene rings is 2. The van der Waals surface area contributed by atoms with Gasteiger partial charge in [0.2, 0.25) is 0 Å². The van der Waals surface area contributed by atoms with Crippen molar-refractivity contribution >= 4 is 31.6 Å². The molecule has 0 amide bonds. The number of H-pyrrole nitrogens is 1. The van der Waals surface area contributed by atoms with Gasteiger partial charge >= 0.3 is 0 Å². The van der Waals surface area contributed by atoms with E-state index in [9.17, 15) is 9.18 Å². The minimum absolute atomic E-state index is 0.192. The van der Waals surface area contributed by atoms with Crippen LogP contribution in [0.2, 0.25) is 0 Å². The Labute approximate surface area is 129 Å². The fourth-order valence-corrected chi connectivity index (χ4v) is 3.49. The molecule has 0 unspecified atom stereocenters. The third-order valence-corrected chi connectivity index (χ3v) is 4.77. The van der Waals surface area contributed by atoms with Crippen molar-refractivity contribution < 1.29 is 4.39 Å². The fraction of sp³-hybridized carbons (Fsp3) is 0.0588. The van der Waals surface area contributed by atoms with Crippen LogP contribution < -0.4 is 5.56 Å². The van der Waals surface area contributed by atoms with E-state index in [-0.39, 0.29) is 11.4 Å². The lowest BCUT2D eigenvalue weighted by molar-refractivity contribution is 0.630. The minimum atomic E-state index is -0.328. The number of nitrogens with zero attached hydrogens (tertiary/aromatic N) is 1. The smallest absolute Gasteiger partial charge is 0.269 e. The number of aryl methyl sites for hydroxylation is 1. The highest BCUT2D eigenvalue weighted by molar-refractivity contribution is 7.25. The van der Waals surface area contributed by atoms with Crippen LogP contribution in [0.15, 0.2) is 47.3 Å². The summed E-state index contributed by atoms with van der Waals surface area (Å²) in [6.45, 7) is 2.00. The summed E-state index contributed by atoms with van der Waals surface area (Å²) in [6.07, 6.45) is 0. The molecule has 5 heteroatoms. The second-order valence-electron chi connectivity index (χ2n) is 5.20. The van der Waals surface area contributed by atoms with Crippen LogP contribution in [-0.2, 0) is 0 Å². The Hall–Kier alpha value is -2.53. The highest BCUT2D eigenvalue weighted by Gasteiger charge is 2.13. The molecule has 0 aliphatic rings. The molecule has 22 heavy (non-hydrogen) atoms. The summed E-state index contributed by atoms with van der Waals surface area (Å²) in [7, 11) is 0. The average molecular weight is 310 g/mol. The number of aromatic amines is 1. The van der Waals surface area contributed by atoms with Gasteiger partial charge in [-0.15, -0.1) is 11.3 Å².